The summed E-state index contributed by atoms with van der Waals surface area (Å²) >= 11 is 0. The normalized spacial score (nSPS) is 20.5. The molecule has 2 N–H and O–H groups in total. The van der Waals surface area contributed by atoms with Crippen molar-refractivity contribution >= 4 is 5.82 Å². The average molecular weight is 283 g/mol. The number of likely N-dealkylation sites (N-methyl/N-ethyl adjacent to an activating group) is 1. The van der Waals surface area contributed by atoms with Gasteiger partial charge in [-0.1, -0.05) is 30.3 Å². The third-order valence-electron chi connectivity index (χ3n) is 3.97. The minimum Gasteiger partial charge on any atom is -0.382 e. The van der Waals surface area contributed by atoms with Crippen LogP contribution in [0.2, 0.25) is 0 Å². The van der Waals surface area contributed by atoms with E-state index in [9.17, 15) is 0 Å². The summed E-state index contributed by atoms with van der Waals surface area (Å²) in [6, 6.07) is 11.1. The molecule has 1 fully saturated rings. The van der Waals surface area contributed by atoms with Crippen LogP contribution in [-0.4, -0.2) is 46.4 Å². The van der Waals surface area contributed by atoms with Gasteiger partial charge in [0.05, 0.1) is 18.1 Å². The van der Waals surface area contributed by atoms with Crippen LogP contribution >= 0.6 is 0 Å². The van der Waals surface area contributed by atoms with Crippen LogP contribution in [-0.2, 0) is 6.54 Å². The number of benzene rings is 1. The highest BCUT2D eigenvalue weighted by Gasteiger charge is 2.26. The minimum atomic E-state index is 0.393. The zero-order valence-corrected chi connectivity index (χ0v) is 12.3. The van der Waals surface area contributed by atoms with Crippen molar-refractivity contribution in [3.8, 4) is 0 Å². The molecule has 1 aliphatic rings. The van der Waals surface area contributed by atoms with Gasteiger partial charge in [0, 0.05) is 32.2 Å². The highest BCUT2D eigenvalue weighted by Crippen LogP contribution is 2.26. The van der Waals surface area contributed by atoms with Gasteiger partial charge in [0.1, 0.15) is 5.82 Å². The summed E-state index contributed by atoms with van der Waals surface area (Å²) in [5.74, 6) is 0.469. The van der Waals surface area contributed by atoms with E-state index in [4.69, 9.17) is 5.73 Å². The lowest BCUT2D eigenvalue weighted by molar-refractivity contribution is 0.0822. The topological polar surface area (TPSA) is 58.3 Å². The van der Waals surface area contributed by atoms with E-state index >= 15 is 0 Å². The summed E-state index contributed by atoms with van der Waals surface area (Å²) in [4.78, 5) is 13.4. The second kappa shape index (κ2) is 6.20. The highest BCUT2D eigenvalue weighted by molar-refractivity contribution is 5.23. The Morgan fingerprint density at radius 3 is 2.67 bits per heavy atom. The number of nitrogens with two attached hydrogens (primary N) is 1. The molecule has 2 aromatic rings. The van der Waals surface area contributed by atoms with E-state index in [0.717, 1.165) is 31.9 Å². The first-order valence-corrected chi connectivity index (χ1v) is 7.26. The Kier molecular flexibility index (Phi) is 4.13. The monoisotopic (exact) mass is 283 g/mol. The Bertz CT molecular complexity index is 569. The molecule has 5 nitrogen and oxygen atoms in total. The van der Waals surface area contributed by atoms with Gasteiger partial charge in [0.25, 0.3) is 0 Å². The van der Waals surface area contributed by atoms with Gasteiger partial charge in [-0.15, -0.1) is 0 Å². The summed E-state index contributed by atoms with van der Waals surface area (Å²) in [5.41, 5.74) is 7.92. The molecule has 1 atom stereocenters. The molecule has 1 saturated heterocycles. The molecular formula is C16H21N5. The summed E-state index contributed by atoms with van der Waals surface area (Å²) < 4.78 is 0. The second-order valence-electron chi connectivity index (χ2n) is 5.59. The van der Waals surface area contributed by atoms with Crippen molar-refractivity contribution in [2.45, 2.75) is 12.6 Å². The van der Waals surface area contributed by atoms with Crippen molar-refractivity contribution in [2.75, 3.05) is 32.4 Å². The molecule has 1 aromatic heterocycles. The van der Waals surface area contributed by atoms with E-state index < -0.39 is 0 Å². The predicted molar refractivity (Wildman–Crippen MR) is 83.5 cm³/mol. The molecule has 1 unspecified atom stereocenters. The van der Waals surface area contributed by atoms with Crippen LogP contribution in [0.1, 0.15) is 17.3 Å². The Morgan fingerprint density at radius 2 is 1.95 bits per heavy atom. The molecule has 0 saturated carbocycles. The molecule has 0 bridgehead atoms. The van der Waals surface area contributed by atoms with Crippen molar-refractivity contribution in [3.05, 3.63) is 54.0 Å². The van der Waals surface area contributed by atoms with E-state index in [2.05, 4.69) is 57.1 Å². The summed E-state index contributed by atoms with van der Waals surface area (Å²) in [6.45, 7) is 3.95. The molecule has 1 aromatic carbocycles. The molecule has 5 heteroatoms. The number of hydrogen-bond acceptors (Lipinski definition) is 5. The van der Waals surface area contributed by atoms with Crippen LogP contribution in [0.3, 0.4) is 0 Å². The highest BCUT2D eigenvalue weighted by atomic mass is 15.3. The van der Waals surface area contributed by atoms with Crippen molar-refractivity contribution in [3.63, 3.8) is 0 Å². The first kappa shape index (κ1) is 14.0. The molecule has 0 amide bonds. The smallest absolute Gasteiger partial charge is 0.141 e. The number of hydrogen-bond donors (Lipinski definition) is 1. The van der Waals surface area contributed by atoms with Gasteiger partial charge in [-0.05, 0) is 12.6 Å². The number of piperazine rings is 1. The molecule has 0 aliphatic carbocycles. The van der Waals surface area contributed by atoms with E-state index in [1.165, 1.54) is 5.56 Å². The molecule has 0 radical (unpaired) electrons. The van der Waals surface area contributed by atoms with E-state index in [1.807, 2.05) is 0 Å². The van der Waals surface area contributed by atoms with Crippen LogP contribution in [0.25, 0.3) is 0 Å². The van der Waals surface area contributed by atoms with Crippen LogP contribution in [0.4, 0.5) is 5.82 Å². The maximum atomic E-state index is 5.60. The Balaban J connectivity index is 1.79. The maximum absolute atomic E-state index is 5.60. The predicted octanol–water partition coefficient (Wildman–Crippen LogP) is 1.55. The van der Waals surface area contributed by atoms with Crippen LogP contribution < -0.4 is 5.73 Å². The number of aromatic nitrogens is 2. The third kappa shape index (κ3) is 3.37. The quantitative estimate of drug-likeness (QED) is 0.926. The molecule has 1 aliphatic heterocycles. The van der Waals surface area contributed by atoms with Gasteiger partial charge in [0.15, 0.2) is 0 Å². The molecule has 2 heterocycles. The van der Waals surface area contributed by atoms with E-state index in [1.54, 1.807) is 12.4 Å². The number of nitrogens with zero attached hydrogens (tertiary/aromatic N) is 4. The molecule has 110 valence electrons. The van der Waals surface area contributed by atoms with Crippen molar-refractivity contribution in [1.82, 2.24) is 19.8 Å². The molecule has 21 heavy (non-hydrogen) atoms. The SMILES string of the molecule is CN1CCN(Cc2cnc(N)cn2)C(c2ccccc2)C1. The lowest BCUT2D eigenvalue weighted by atomic mass is 10.0. The van der Waals surface area contributed by atoms with Gasteiger partial charge in [0.2, 0.25) is 0 Å². The van der Waals surface area contributed by atoms with Gasteiger partial charge >= 0.3 is 0 Å². The molecule has 3 rings (SSSR count). The van der Waals surface area contributed by atoms with Gasteiger partial charge < -0.3 is 10.6 Å². The van der Waals surface area contributed by atoms with Crippen molar-refractivity contribution in [2.24, 2.45) is 0 Å². The maximum Gasteiger partial charge on any atom is 0.141 e. The van der Waals surface area contributed by atoms with Gasteiger partial charge in [-0.2, -0.15) is 0 Å². The first-order chi connectivity index (χ1) is 10.2. The van der Waals surface area contributed by atoms with Crippen LogP contribution in [0, 0.1) is 0 Å². The molecule has 0 spiro atoms. The minimum absolute atomic E-state index is 0.393. The fourth-order valence-electron chi connectivity index (χ4n) is 2.79. The van der Waals surface area contributed by atoms with Crippen molar-refractivity contribution < 1.29 is 0 Å². The van der Waals surface area contributed by atoms with E-state index in [0.29, 0.717) is 11.9 Å². The summed E-state index contributed by atoms with van der Waals surface area (Å²) in [6.07, 6.45) is 3.40. The Labute approximate surface area is 125 Å². The lowest BCUT2D eigenvalue weighted by Gasteiger charge is -2.40. The zero-order valence-electron chi connectivity index (χ0n) is 12.3. The zero-order chi connectivity index (χ0) is 14.7. The number of nitrogen functional groups attached to an aromatic ring is 1. The molecular weight excluding hydrogens is 262 g/mol. The van der Waals surface area contributed by atoms with Crippen LogP contribution in [0.5, 0.6) is 0 Å². The largest absolute Gasteiger partial charge is 0.382 e. The van der Waals surface area contributed by atoms with Crippen LogP contribution in [0.15, 0.2) is 42.7 Å². The first-order valence-electron chi connectivity index (χ1n) is 7.26. The summed E-state index contributed by atoms with van der Waals surface area (Å²) in [5, 5.41) is 0. The van der Waals surface area contributed by atoms with Crippen molar-refractivity contribution in [1.29, 1.82) is 0 Å². The number of anilines is 1. The van der Waals surface area contributed by atoms with Gasteiger partial charge in [-0.3, -0.25) is 9.88 Å². The Hall–Kier alpha value is -1.98. The van der Waals surface area contributed by atoms with Gasteiger partial charge in [-0.25, -0.2) is 4.98 Å². The fraction of sp³-hybridized carbons (Fsp3) is 0.375. The second-order valence-corrected chi connectivity index (χ2v) is 5.59. The standard InChI is InChI=1S/C16H21N5/c1-20-7-8-21(11-14-9-19-16(17)10-18-14)15(12-20)13-5-3-2-4-6-13/h2-6,9-10,15H,7-8,11-12H2,1H3,(H2,17,19). The lowest BCUT2D eigenvalue weighted by Crippen LogP contribution is -2.46. The fourth-order valence-corrected chi connectivity index (χ4v) is 2.79. The average Bonchev–Trinajstić information content (AvgIpc) is 2.52. The third-order valence-corrected chi connectivity index (χ3v) is 3.97. The van der Waals surface area contributed by atoms with E-state index in [-0.39, 0.29) is 0 Å². The Morgan fingerprint density at radius 1 is 1.14 bits per heavy atom. The summed E-state index contributed by atoms with van der Waals surface area (Å²) in [7, 11) is 2.18. The number of rotatable bonds is 3.